The second-order valence-electron chi connectivity index (χ2n) is 6.18. The van der Waals surface area contributed by atoms with Gasteiger partial charge in [-0.1, -0.05) is 12.1 Å². The number of nitrogens with zero attached hydrogens (tertiary/aromatic N) is 2. The van der Waals surface area contributed by atoms with Gasteiger partial charge in [-0.05, 0) is 37.6 Å². The molecule has 3 rings (SSSR count). The summed E-state index contributed by atoms with van der Waals surface area (Å²) < 4.78 is 37.2. The molecule has 1 fully saturated rings. The van der Waals surface area contributed by atoms with E-state index >= 15 is 0 Å². The molecule has 2 aromatic rings. The van der Waals surface area contributed by atoms with Crippen molar-refractivity contribution in [3.63, 3.8) is 0 Å². The Kier molecular flexibility index (Phi) is 5.22. The Bertz CT molecular complexity index is 917. The number of nitrogens with one attached hydrogen (secondary N) is 1. The highest BCUT2D eigenvalue weighted by atomic mass is 32.2. The van der Waals surface area contributed by atoms with Crippen molar-refractivity contribution in [1.29, 1.82) is 0 Å². The van der Waals surface area contributed by atoms with E-state index in [9.17, 15) is 17.6 Å². The van der Waals surface area contributed by atoms with Crippen LogP contribution in [0.4, 0.5) is 15.9 Å². The molecule has 1 aliphatic rings. The highest BCUT2D eigenvalue weighted by molar-refractivity contribution is 7.91. The molecule has 0 bridgehead atoms. The Hall–Kier alpha value is -2.48. The molecule has 6 nitrogen and oxygen atoms in total. The zero-order valence-electron chi connectivity index (χ0n) is 14.4. The molecule has 1 unspecified atom stereocenters. The largest absolute Gasteiger partial charge is 0.338 e. The fraction of sp³-hybridized carbons (Fsp3) is 0.333. The molecular formula is C18H20FN3O3S. The van der Waals surface area contributed by atoms with Crippen molar-refractivity contribution in [2.75, 3.05) is 23.4 Å². The van der Waals surface area contributed by atoms with Crippen LogP contribution in [0.1, 0.15) is 23.7 Å². The summed E-state index contributed by atoms with van der Waals surface area (Å²) in [5.41, 5.74) is 0.642. The minimum absolute atomic E-state index is 0.00199. The Balaban J connectivity index is 1.80. The van der Waals surface area contributed by atoms with Crippen LogP contribution in [0, 0.1) is 5.82 Å². The van der Waals surface area contributed by atoms with Crippen molar-refractivity contribution < 1.29 is 17.6 Å². The van der Waals surface area contributed by atoms with E-state index in [1.165, 1.54) is 12.3 Å². The van der Waals surface area contributed by atoms with Gasteiger partial charge < -0.3 is 10.2 Å². The molecule has 1 aromatic carbocycles. The molecule has 1 aromatic heterocycles. The van der Waals surface area contributed by atoms with Gasteiger partial charge in [0.2, 0.25) is 0 Å². The Morgan fingerprint density at radius 3 is 2.77 bits per heavy atom. The highest BCUT2D eigenvalue weighted by Gasteiger charge is 2.34. The van der Waals surface area contributed by atoms with Crippen LogP contribution in [0.25, 0.3) is 0 Å². The first kappa shape index (κ1) is 18.3. The van der Waals surface area contributed by atoms with Crippen LogP contribution in [-0.4, -0.2) is 48.3 Å². The number of pyridine rings is 1. The lowest BCUT2D eigenvalue weighted by molar-refractivity contribution is 0.0708. The van der Waals surface area contributed by atoms with E-state index in [-0.39, 0.29) is 29.1 Å². The number of para-hydroxylation sites is 1. The SMILES string of the molecule is CCN(C(=O)c1ccnc(Nc2ccccc2F)c1)C1CCS(=O)(=O)C1. The fourth-order valence-electron chi connectivity index (χ4n) is 3.09. The summed E-state index contributed by atoms with van der Waals surface area (Å²) in [6, 6.07) is 8.99. The molecular weight excluding hydrogens is 357 g/mol. The third-order valence-corrected chi connectivity index (χ3v) is 6.14. The maximum Gasteiger partial charge on any atom is 0.254 e. The Morgan fingerprint density at radius 1 is 1.35 bits per heavy atom. The smallest absolute Gasteiger partial charge is 0.254 e. The number of carbonyl (C=O) groups excluding carboxylic acids is 1. The summed E-state index contributed by atoms with van der Waals surface area (Å²) in [6.45, 7) is 2.24. The van der Waals surface area contributed by atoms with E-state index in [1.807, 2.05) is 6.92 Å². The number of sulfone groups is 1. The summed E-state index contributed by atoms with van der Waals surface area (Å²) in [4.78, 5) is 18.5. The van der Waals surface area contributed by atoms with Gasteiger partial charge in [-0.25, -0.2) is 17.8 Å². The number of rotatable bonds is 5. The summed E-state index contributed by atoms with van der Waals surface area (Å²) >= 11 is 0. The minimum atomic E-state index is -3.08. The normalized spacial score (nSPS) is 18.5. The first-order chi connectivity index (χ1) is 12.4. The molecule has 0 radical (unpaired) electrons. The third-order valence-electron chi connectivity index (χ3n) is 4.39. The Morgan fingerprint density at radius 2 is 2.12 bits per heavy atom. The molecule has 1 N–H and O–H groups in total. The number of amides is 1. The molecule has 26 heavy (non-hydrogen) atoms. The van der Waals surface area contributed by atoms with Gasteiger partial charge in [0.25, 0.3) is 5.91 Å². The third kappa shape index (κ3) is 4.01. The van der Waals surface area contributed by atoms with Crippen LogP contribution >= 0.6 is 0 Å². The van der Waals surface area contributed by atoms with E-state index in [1.54, 1.807) is 35.2 Å². The van der Waals surface area contributed by atoms with Crippen molar-refractivity contribution in [3.05, 3.63) is 54.0 Å². The summed E-state index contributed by atoms with van der Waals surface area (Å²) in [5, 5.41) is 2.85. The number of benzene rings is 1. The van der Waals surface area contributed by atoms with Gasteiger partial charge >= 0.3 is 0 Å². The van der Waals surface area contributed by atoms with Crippen molar-refractivity contribution in [1.82, 2.24) is 9.88 Å². The summed E-state index contributed by atoms with van der Waals surface area (Å²) in [5.74, 6) is -0.224. The average Bonchev–Trinajstić information content (AvgIpc) is 2.97. The second kappa shape index (κ2) is 7.41. The van der Waals surface area contributed by atoms with Crippen LogP contribution in [-0.2, 0) is 9.84 Å². The molecule has 2 heterocycles. The zero-order valence-corrected chi connectivity index (χ0v) is 15.2. The Labute approximate surface area is 152 Å². The fourth-order valence-corrected chi connectivity index (χ4v) is 4.82. The maximum absolute atomic E-state index is 13.8. The number of hydrogen-bond donors (Lipinski definition) is 1. The molecule has 8 heteroatoms. The van der Waals surface area contributed by atoms with E-state index in [0.717, 1.165) is 0 Å². The average molecular weight is 377 g/mol. The topological polar surface area (TPSA) is 79.4 Å². The molecule has 1 aliphatic heterocycles. The molecule has 0 spiro atoms. The lowest BCUT2D eigenvalue weighted by Gasteiger charge is -2.27. The van der Waals surface area contributed by atoms with E-state index in [4.69, 9.17) is 0 Å². The van der Waals surface area contributed by atoms with Crippen LogP contribution in [0.15, 0.2) is 42.6 Å². The van der Waals surface area contributed by atoms with Crippen LogP contribution in [0.5, 0.6) is 0 Å². The van der Waals surface area contributed by atoms with Gasteiger partial charge in [0.05, 0.1) is 17.2 Å². The van der Waals surface area contributed by atoms with Gasteiger partial charge in [0.1, 0.15) is 11.6 Å². The highest BCUT2D eigenvalue weighted by Crippen LogP contribution is 2.22. The van der Waals surface area contributed by atoms with Crippen LogP contribution < -0.4 is 5.32 Å². The lowest BCUT2D eigenvalue weighted by Crippen LogP contribution is -2.41. The van der Waals surface area contributed by atoms with Crippen LogP contribution in [0.3, 0.4) is 0 Å². The number of hydrogen-bond acceptors (Lipinski definition) is 5. The van der Waals surface area contributed by atoms with Crippen LogP contribution in [0.2, 0.25) is 0 Å². The minimum Gasteiger partial charge on any atom is -0.338 e. The van der Waals surface area contributed by atoms with Gasteiger partial charge in [-0.15, -0.1) is 0 Å². The number of aromatic nitrogens is 1. The zero-order chi connectivity index (χ0) is 18.7. The first-order valence-electron chi connectivity index (χ1n) is 8.38. The second-order valence-corrected chi connectivity index (χ2v) is 8.41. The predicted molar refractivity (Wildman–Crippen MR) is 97.7 cm³/mol. The maximum atomic E-state index is 13.8. The van der Waals surface area contributed by atoms with Gasteiger partial charge in [0.15, 0.2) is 9.84 Å². The molecule has 1 saturated heterocycles. The van der Waals surface area contributed by atoms with Gasteiger partial charge in [-0.2, -0.15) is 0 Å². The standard InChI is InChI=1S/C18H20FN3O3S/c1-2-22(14-8-10-26(24,25)12-14)18(23)13-7-9-20-17(11-13)21-16-6-4-3-5-15(16)19/h3-7,9,11,14H,2,8,10,12H2,1H3,(H,20,21). The molecule has 0 aliphatic carbocycles. The quantitative estimate of drug-likeness (QED) is 0.866. The molecule has 1 amide bonds. The van der Waals surface area contributed by atoms with Gasteiger partial charge in [-0.3, -0.25) is 4.79 Å². The summed E-state index contributed by atoms with van der Waals surface area (Å²) in [7, 11) is -3.08. The molecule has 138 valence electrons. The number of halogens is 1. The summed E-state index contributed by atoms with van der Waals surface area (Å²) in [6.07, 6.45) is 1.92. The van der Waals surface area contributed by atoms with E-state index in [2.05, 4.69) is 10.3 Å². The first-order valence-corrected chi connectivity index (χ1v) is 10.2. The monoisotopic (exact) mass is 377 g/mol. The number of carbonyl (C=O) groups is 1. The van der Waals surface area contributed by atoms with Crippen molar-refractivity contribution >= 4 is 27.2 Å². The molecule has 1 atom stereocenters. The van der Waals surface area contributed by atoms with Crippen molar-refractivity contribution in [2.24, 2.45) is 0 Å². The van der Waals surface area contributed by atoms with E-state index in [0.29, 0.717) is 24.3 Å². The molecule has 0 saturated carbocycles. The van der Waals surface area contributed by atoms with Crippen molar-refractivity contribution in [3.8, 4) is 0 Å². The van der Waals surface area contributed by atoms with Gasteiger partial charge in [0, 0.05) is 24.3 Å². The van der Waals surface area contributed by atoms with E-state index < -0.39 is 15.7 Å². The predicted octanol–water partition coefficient (Wildman–Crippen LogP) is 2.61. The lowest BCUT2D eigenvalue weighted by atomic mass is 10.1. The van der Waals surface area contributed by atoms with Crippen molar-refractivity contribution in [2.45, 2.75) is 19.4 Å². The number of anilines is 2.